The fraction of sp³-hybridized carbons (Fsp3) is 0.545. The summed E-state index contributed by atoms with van der Waals surface area (Å²) >= 11 is 1.68. The van der Waals surface area contributed by atoms with Gasteiger partial charge in [0.05, 0.1) is 25.5 Å². The molecule has 2 heterocycles. The second-order valence-electron chi connectivity index (χ2n) is 7.55. The Bertz CT molecular complexity index is 802. The molecule has 2 N–H and O–H groups in total. The molecule has 1 fully saturated rings. The lowest BCUT2D eigenvalue weighted by Gasteiger charge is -2.26. The van der Waals surface area contributed by atoms with Crippen molar-refractivity contribution >= 4 is 17.3 Å². The van der Waals surface area contributed by atoms with Crippen LogP contribution < -0.4 is 15.4 Å². The van der Waals surface area contributed by atoms with E-state index >= 15 is 0 Å². The van der Waals surface area contributed by atoms with Gasteiger partial charge in [-0.3, -0.25) is 9.89 Å². The highest BCUT2D eigenvalue weighted by molar-refractivity contribution is 7.09. The zero-order valence-electron chi connectivity index (χ0n) is 18.2. The summed E-state index contributed by atoms with van der Waals surface area (Å²) in [5.41, 5.74) is 2.29. The lowest BCUT2D eigenvalue weighted by molar-refractivity contribution is 0.0322. The number of morpholine rings is 1. The number of hydrogen-bond donors (Lipinski definition) is 2. The fourth-order valence-electron chi connectivity index (χ4n) is 3.10. The third kappa shape index (κ3) is 7.27. The highest BCUT2D eigenvalue weighted by Gasteiger charge is 2.10. The average Bonchev–Trinajstić information content (AvgIpc) is 3.24. The summed E-state index contributed by atoms with van der Waals surface area (Å²) in [4.78, 5) is 11.3. The number of ether oxygens (including phenoxy) is 2. The van der Waals surface area contributed by atoms with E-state index in [1.54, 1.807) is 18.4 Å². The van der Waals surface area contributed by atoms with Crippen molar-refractivity contribution in [2.24, 2.45) is 4.99 Å². The van der Waals surface area contributed by atoms with Crippen LogP contribution in [-0.2, 0) is 17.8 Å². The van der Waals surface area contributed by atoms with Crippen LogP contribution in [-0.4, -0.2) is 62.3 Å². The summed E-state index contributed by atoms with van der Waals surface area (Å²) in [6.07, 6.45) is 0. The molecule has 3 rings (SSSR count). The van der Waals surface area contributed by atoms with Crippen molar-refractivity contribution in [2.45, 2.75) is 32.9 Å². The van der Waals surface area contributed by atoms with Gasteiger partial charge in [0.1, 0.15) is 17.4 Å². The van der Waals surface area contributed by atoms with Gasteiger partial charge in [0.2, 0.25) is 0 Å². The first-order chi connectivity index (χ1) is 14.6. The molecular weight excluding hydrogens is 398 g/mol. The van der Waals surface area contributed by atoms with E-state index in [2.05, 4.69) is 56.9 Å². The zero-order valence-corrected chi connectivity index (χ0v) is 19.0. The van der Waals surface area contributed by atoms with Crippen molar-refractivity contribution in [3.63, 3.8) is 0 Å². The van der Waals surface area contributed by atoms with Gasteiger partial charge in [-0.2, -0.15) is 0 Å². The van der Waals surface area contributed by atoms with E-state index in [9.17, 15) is 0 Å². The quantitative estimate of drug-likeness (QED) is 0.470. The highest BCUT2D eigenvalue weighted by atomic mass is 32.1. The molecule has 1 aromatic heterocycles. The van der Waals surface area contributed by atoms with Crippen LogP contribution >= 0.6 is 11.3 Å². The first-order valence-electron chi connectivity index (χ1n) is 10.5. The molecule has 0 unspecified atom stereocenters. The summed E-state index contributed by atoms with van der Waals surface area (Å²) in [5, 5.41) is 9.89. The van der Waals surface area contributed by atoms with Crippen molar-refractivity contribution in [3.05, 3.63) is 45.9 Å². The number of benzene rings is 1. The molecule has 30 heavy (non-hydrogen) atoms. The first kappa shape index (κ1) is 22.5. The van der Waals surface area contributed by atoms with Gasteiger partial charge < -0.3 is 20.1 Å². The van der Waals surface area contributed by atoms with Crippen molar-refractivity contribution in [3.8, 4) is 5.75 Å². The van der Waals surface area contributed by atoms with Gasteiger partial charge in [-0.25, -0.2) is 4.98 Å². The molecule has 0 saturated carbocycles. The van der Waals surface area contributed by atoms with E-state index in [1.165, 1.54) is 0 Å². The standard InChI is InChI=1S/C22H33N5O2S/c1-17(2)20-16-30-21(26-20)15-25-22(23-3)24-14-18-5-4-6-19(13-18)29-12-9-27-7-10-28-11-8-27/h4-6,13,16-17H,7-12,14-15H2,1-3H3,(H2,23,24,25). The molecular formula is C22H33N5O2S. The largest absolute Gasteiger partial charge is 0.492 e. The van der Waals surface area contributed by atoms with Gasteiger partial charge in [-0.1, -0.05) is 26.0 Å². The lowest BCUT2D eigenvalue weighted by Crippen LogP contribution is -2.38. The third-order valence-corrected chi connectivity index (χ3v) is 5.80. The number of nitrogens with one attached hydrogen (secondary N) is 2. The van der Waals surface area contributed by atoms with Crippen LogP contribution in [0, 0.1) is 0 Å². The molecule has 7 nitrogen and oxygen atoms in total. The third-order valence-electron chi connectivity index (χ3n) is 4.93. The minimum atomic E-state index is 0.454. The Kier molecular flexibility index (Phi) is 8.92. The monoisotopic (exact) mass is 431 g/mol. The molecule has 1 aliphatic heterocycles. The normalized spacial score (nSPS) is 15.4. The second-order valence-corrected chi connectivity index (χ2v) is 8.49. The van der Waals surface area contributed by atoms with Gasteiger partial charge in [0, 0.05) is 38.6 Å². The van der Waals surface area contributed by atoms with Crippen LogP contribution in [0.25, 0.3) is 0 Å². The maximum absolute atomic E-state index is 5.95. The van der Waals surface area contributed by atoms with E-state index in [0.717, 1.165) is 60.8 Å². The predicted molar refractivity (Wildman–Crippen MR) is 122 cm³/mol. The average molecular weight is 432 g/mol. The Morgan fingerprint density at radius 1 is 1.27 bits per heavy atom. The summed E-state index contributed by atoms with van der Waals surface area (Å²) < 4.78 is 11.3. The number of guanidine groups is 1. The molecule has 1 aromatic carbocycles. The van der Waals surface area contributed by atoms with E-state index in [1.807, 2.05) is 12.1 Å². The van der Waals surface area contributed by atoms with Crippen LogP contribution in [0.3, 0.4) is 0 Å². The zero-order chi connectivity index (χ0) is 21.2. The molecule has 1 saturated heterocycles. The molecule has 0 bridgehead atoms. The highest BCUT2D eigenvalue weighted by Crippen LogP contribution is 2.17. The van der Waals surface area contributed by atoms with E-state index in [0.29, 0.717) is 25.6 Å². The number of rotatable bonds is 9. The van der Waals surface area contributed by atoms with Gasteiger partial charge in [-0.05, 0) is 23.6 Å². The summed E-state index contributed by atoms with van der Waals surface area (Å²) in [5.74, 6) is 2.11. The number of aliphatic imine (C=N–C) groups is 1. The molecule has 2 aromatic rings. The Morgan fingerprint density at radius 3 is 2.80 bits per heavy atom. The molecule has 1 aliphatic rings. The number of aromatic nitrogens is 1. The van der Waals surface area contributed by atoms with Gasteiger partial charge in [-0.15, -0.1) is 11.3 Å². The Balaban J connectivity index is 1.41. The molecule has 164 valence electrons. The van der Waals surface area contributed by atoms with Gasteiger partial charge in [0.25, 0.3) is 0 Å². The van der Waals surface area contributed by atoms with Crippen LogP contribution in [0.2, 0.25) is 0 Å². The number of thiazole rings is 1. The molecule has 0 aliphatic carbocycles. The van der Waals surface area contributed by atoms with Crippen molar-refractivity contribution < 1.29 is 9.47 Å². The predicted octanol–water partition coefficient (Wildman–Crippen LogP) is 2.84. The van der Waals surface area contributed by atoms with Gasteiger partial charge >= 0.3 is 0 Å². The van der Waals surface area contributed by atoms with Crippen molar-refractivity contribution in [1.82, 2.24) is 20.5 Å². The first-order valence-corrected chi connectivity index (χ1v) is 11.4. The second kappa shape index (κ2) is 11.9. The molecule has 8 heteroatoms. The van der Waals surface area contributed by atoms with Crippen molar-refractivity contribution in [1.29, 1.82) is 0 Å². The van der Waals surface area contributed by atoms with Crippen molar-refractivity contribution in [2.75, 3.05) is 46.5 Å². The topological polar surface area (TPSA) is 71.0 Å². The fourth-order valence-corrected chi connectivity index (χ4v) is 4.00. The van der Waals surface area contributed by atoms with Crippen LogP contribution in [0.5, 0.6) is 5.75 Å². The van der Waals surface area contributed by atoms with Gasteiger partial charge in [0.15, 0.2) is 5.96 Å². The SMILES string of the molecule is CN=C(NCc1cccc(OCCN2CCOCC2)c1)NCc1nc(C(C)C)cs1. The maximum Gasteiger partial charge on any atom is 0.191 e. The molecule has 0 atom stereocenters. The molecule has 0 amide bonds. The Hall–Kier alpha value is -2.16. The van der Waals surface area contributed by atoms with Crippen LogP contribution in [0.15, 0.2) is 34.6 Å². The summed E-state index contributed by atoms with van der Waals surface area (Å²) in [6, 6.07) is 8.20. The maximum atomic E-state index is 5.95. The van der Waals surface area contributed by atoms with E-state index < -0.39 is 0 Å². The Labute approximate surface area is 183 Å². The van der Waals surface area contributed by atoms with E-state index in [-0.39, 0.29) is 0 Å². The molecule has 0 radical (unpaired) electrons. The number of nitrogens with zero attached hydrogens (tertiary/aromatic N) is 3. The van der Waals surface area contributed by atoms with E-state index in [4.69, 9.17) is 9.47 Å². The summed E-state index contributed by atoms with van der Waals surface area (Å²) in [6.45, 7) is 10.9. The molecule has 0 spiro atoms. The summed E-state index contributed by atoms with van der Waals surface area (Å²) in [7, 11) is 1.78. The Morgan fingerprint density at radius 2 is 2.07 bits per heavy atom. The van der Waals surface area contributed by atoms with Crippen LogP contribution in [0.4, 0.5) is 0 Å². The lowest BCUT2D eigenvalue weighted by atomic mass is 10.2. The minimum absolute atomic E-state index is 0.454. The van der Waals surface area contributed by atoms with Crippen LogP contribution in [0.1, 0.15) is 36.0 Å². The smallest absolute Gasteiger partial charge is 0.191 e. The minimum Gasteiger partial charge on any atom is -0.492 e. The number of hydrogen-bond acceptors (Lipinski definition) is 6.